The first kappa shape index (κ1) is 19.7. The van der Waals surface area contributed by atoms with E-state index < -0.39 is 0 Å². The maximum atomic E-state index is 5.72. The standard InChI is InChI=1S/C22H27N5OS/c1-17-4-5-18(2)21(14-17)26-15-23-27(22(26)29)16-24-10-12-25(13-11-24)19-6-8-20(28-3)9-7-19/h4-9,14-15H,10-13,16H2,1-3H3. The predicted octanol–water partition coefficient (Wildman–Crippen LogP) is 3.81. The molecule has 1 saturated heterocycles. The van der Waals surface area contributed by atoms with E-state index in [2.05, 4.69) is 59.1 Å². The second-order valence-corrected chi connectivity index (χ2v) is 7.88. The van der Waals surface area contributed by atoms with Crippen molar-refractivity contribution in [3.8, 4) is 11.4 Å². The lowest BCUT2D eigenvalue weighted by molar-refractivity contribution is 0.194. The maximum Gasteiger partial charge on any atom is 0.203 e. The van der Waals surface area contributed by atoms with Gasteiger partial charge in [0.05, 0.1) is 19.5 Å². The molecule has 0 spiro atoms. The molecule has 0 N–H and O–H groups in total. The molecule has 0 saturated carbocycles. The number of methoxy groups -OCH3 is 1. The molecule has 0 bridgehead atoms. The molecule has 0 atom stereocenters. The van der Waals surface area contributed by atoms with Crippen molar-refractivity contribution in [3.63, 3.8) is 0 Å². The first-order chi connectivity index (χ1) is 14.0. The molecule has 152 valence electrons. The molecule has 1 aliphatic heterocycles. The smallest absolute Gasteiger partial charge is 0.203 e. The molecular weight excluding hydrogens is 382 g/mol. The van der Waals surface area contributed by atoms with Gasteiger partial charge < -0.3 is 9.64 Å². The molecule has 0 radical (unpaired) electrons. The van der Waals surface area contributed by atoms with E-state index in [1.807, 2.05) is 27.7 Å². The number of rotatable bonds is 5. The number of hydrogen-bond donors (Lipinski definition) is 0. The van der Waals surface area contributed by atoms with Crippen LogP contribution in [0.1, 0.15) is 11.1 Å². The summed E-state index contributed by atoms with van der Waals surface area (Å²) in [7, 11) is 1.69. The molecule has 2 heterocycles. The van der Waals surface area contributed by atoms with Crippen molar-refractivity contribution >= 4 is 17.9 Å². The first-order valence-corrected chi connectivity index (χ1v) is 10.3. The summed E-state index contributed by atoms with van der Waals surface area (Å²) in [5.74, 6) is 0.890. The molecule has 6 nitrogen and oxygen atoms in total. The van der Waals surface area contributed by atoms with Crippen LogP contribution < -0.4 is 9.64 Å². The second-order valence-electron chi connectivity index (χ2n) is 7.52. The van der Waals surface area contributed by atoms with Gasteiger partial charge >= 0.3 is 0 Å². The minimum atomic E-state index is 0.715. The molecule has 29 heavy (non-hydrogen) atoms. The van der Waals surface area contributed by atoms with Gasteiger partial charge in [-0.2, -0.15) is 5.10 Å². The molecule has 4 rings (SSSR count). The summed E-state index contributed by atoms with van der Waals surface area (Å²) in [4.78, 5) is 4.81. The number of benzene rings is 2. The van der Waals surface area contributed by atoms with Crippen molar-refractivity contribution in [1.29, 1.82) is 0 Å². The van der Waals surface area contributed by atoms with Gasteiger partial charge in [0, 0.05) is 31.9 Å². The van der Waals surface area contributed by atoms with Crippen molar-refractivity contribution in [3.05, 3.63) is 64.7 Å². The van der Waals surface area contributed by atoms with Crippen LogP contribution in [0.4, 0.5) is 5.69 Å². The molecule has 0 aliphatic carbocycles. The number of ether oxygens (including phenoxy) is 1. The summed E-state index contributed by atoms with van der Waals surface area (Å²) in [6, 6.07) is 14.7. The molecule has 1 aliphatic rings. The van der Waals surface area contributed by atoms with Crippen LogP contribution in [0, 0.1) is 18.6 Å². The highest BCUT2D eigenvalue weighted by molar-refractivity contribution is 7.71. The number of aryl methyl sites for hydroxylation is 2. The Bertz CT molecular complexity index is 1030. The Balaban J connectivity index is 1.41. The van der Waals surface area contributed by atoms with Gasteiger partial charge in [0.2, 0.25) is 4.77 Å². The lowest BCUT2D eigenvalue weighted by Crippen LogP contribution is -2.47. The summed E-state index contributed by atoms with van der Waals surface area (Å²) in [5.41, 5.74) is 4.75. The van der Waals surface area contributed by atoms with E-state index in [-0.39, 0.29) is 0 Å². The average Bonchev–Trinajstić information content (AvgIpc) is 3.10. The topological polar surface area (TPSA) is 38.5 Å². The highest BCUT2D eigenvalue weighted by atomic mass is 32.1. The summed E-state index contributed by atoms with van der Waals surface area (Å²) >= 11 is 5.72. The first-order valence-electron chi connectivity index (χ1n) is 9.88. The minimum absolute atomic E-state index is 0.715. The fraction of sp³-hybridized carbons (Fsp3) is 0.364. The Morgan fingerprint density at radius 1 is 1.00 bits per heavy atom. The number of aromatic nitrogens is 3. The van der Waals surface area contributed by atoms with Crippen LogP contribution in [-0.2, 0) is 6.67 Å². The fourth-order valence-corrected chi connectivity index (χ4v) is 3.96. The SMILES string of the molecule is COc1ccc(N2CCN(Cn3ncn(-c4cc(C)ccc4C)c3=S)CC2)cc1. The lowest BCUT2D eigenvalue weighted by atomic mass is 10.1. The molecule has 2 aromatic carbocycles. The zero-order chi connectivity index (χ0) is 20.4. The Labute approximate surface area is 176 Å². The van der Waals surface area contributed by atoms with Crippen molar-refractivity contribution in [1.82, 2.24) is 19.2 Å². The number of nitrogens with zero attached hydrogens (tertiary/aromatic N) is 5. The summed E-state index contributed by atoms with van der Waals surface area (Å²) in [5, 5.41) is 4.56. The van der Waals surface area contributed by atoms with E-state index >= 15 is 0 Å². The second kappa shape index (κ2) is 8.39. The Morgan fingerprint density at radius 3 is 2.41 bits per heavy atom. The van der Waals surface area contributed by atoms with Gasteiger partial charge in [0.25, 0.3) is 0 Å². The quantitative estimate of drug-likeness (QED) is 0.599. The number of hydrogen-bond acceptors (Lipinski definition) is 5. The summed E-state index contributed by atoms with van der Waals surface area (Å²) in [6.45, 7) is 8.83. The highest BCUT2D eigenvalue weighted by Crippen LogP contribution is 2.21. The zero-order valence-corrected chi connectivity index (χ0v) is 18.0. The number of anilines is 1. The Kier molecular flexibility index (Phi) is 5.69. The predicted molar refractivity (Wildman–Crippen MR) is 119 cm³/mol. The lowest BCUT2D eigenvalue weighted by Gasteiger charge is -2.35. The van der Waals surface area contributed by atoms with Gasteiger partial charge in [-0.05, 0) is 67.5 Å². The van der Waals surface area contributed by atoms with Crippen LogP contribution in [0.3, 0.4) is 0 Å². The van der Waals surface area contributed by atoms with Crippen LogP contribution in [0.15, 0.2) is 48.8 Å². The Morgan fingerprint density at radius 2 is 1.72 bits per heavy atom. The van der Waals surface area contributed by atoms with Crippen LogP contribution >= 0.6 is 12.2 Å². The molecular formula is C22H27N5OS. The van der Waals surface area contributed by atoms with Crippen LogP contribution in [-0.4, -0.2) is 52.5 Å². The molecule has 3 aromatic rings. The summed E-state index contributed by atoms with van der Waals surface area (Å²) in [6.07, 6.45) is 1.83. The molecule has 0 unspecified atom stereocenters. The largest absolute Gasteiger partial charge is 0.497 e. The summed E-state index contributed by atoms with van der Waals surface area (Å²) < 4.78 is 9.91. The third-order valence-corrected chi connectivity index (χ3v) is 5.91. The zero-order valence-electron chi connectivity index (χ0n) is 17.2. The van der Waals surface area contributed by atoms with Gasteiger partial charge in [-0.3, -0.25) is 9.47 Å². The Hall–Kier alpha value is -2.64. The van der Waals surface area contributed by atoms with Gasteiger partial charge in [-0.25, -0.2) is 4.68 Å². The van der Waals surface area contributed by atoms with E-state index in [4.69, 9.17) is 17.0 Å². The molecule has 1 aromatic heterocycles. The van der Waals surface area contributed by atoms with E-state index in [9.17, 15) is 0 Å². The monoisotopic (exact) mass is 409 g/mol. The average molecular weight is 410 g/mol. The fourth-order valence-electron chi connectivity index (χ4n) is 3.71. The van der Waals surface area contributed by atoms with Gasteiger partial charge in [0.1, 0.15) is 12.1 Å². The van der Waals surface area contributed by atoms with E-state index in [1.165, 1.54) is 16.8 Å². The van der Waals surface area contributed by atoms with Crippen LogP contribution in [0.5, 0.6) is 5.75 Å². The third kappa shape index (κ3) is 4.21. The van der Waals surface area contributed by atoms with Crippen molar-refractivity contribution < 1.29 is 4.74 Å². The van der Waals surface area contributed by atoms with Crippen LogP contribution in [0.2, 0.25) is 0 Å². The van der Waals surface area contributed by atoms with E-state index in [0.29, 0.717) is 6.67 Å². The van der Waals surface area contributed by atoms with E-state index in [1.54, 1.807) is 7.11 Å². The van der Waals surface area contributed by atoms with Crippen molar-refractivity contribution in [2.24, 2.45) is 0 Å². The minimum Gasteiger partial charge on any atom is -0.497 e. The van der Waals surface area contributed by atoms with Crippen molar-refractivity contribution in [2.75, 3.05) is 38.2 Å². The maximum absolute atomic E-state index is 5.72. The highest BCUT2D eigenvalue weighted by Gasteiger charge is 2.18. The third-order valence-electron chi connectivity index (χ3n) is 5.50. The van der Waals surface area contributed by atoms with Crippen molar-refractivity contribution in [2.45, 2.75) is 20.5 Å². The molecule has 0 amide bonds. The number of piperazine rings is 1. The molecule has 1 fully saturated rings. The van der Waals surface area contributed by atoms with Gasteiger partial charge in [0.15, 0.2) is 0 Å². The van der Waals surface area contributed by atoms with Gasteiger partial charge in [-0.1, -0.05) is 12.1 Å². The van der Waals surface area contributed by atoms with E-state index in [0.717, 1.165) is 42.4 Å². The van der Waals surface area contributed by atoms with Gasteiger partial charge in [-0.15, -0.1) is 0 Å². The van der Waals surface area contributed by atoms with Crippen LogP contribution in [0.25, 0.3) is 5.69 Å². The molecule has 7 heteroatoms. The normalized spacial score (nSPS) is 14.9.